The molecule has 0 amide bonds. The van der Waals surface area contributed by atoms with Crippen molar-refractivity contribution in [2.24, 2.45) is 0 Å². The highest BCUT2D eigenvalue weighted by Crippen LogP contribution is 2.05. The molecule has 7 heteroatoms. The van der Waals surface area contributed by atoms with Crippen molar-refractivity contribution in [1.29, 1.82) is 0 Å². The van der Waals surface area contributed by atoms with Crippen LogP contribution in [0.4, 0.5) is 0 Å². The van der Waals surface area contributed by atoms with Crippen molar-refractivity contribution in [3.05, 3.63) is 0 Å². The fourth-order valence-corrected chi connectivity index (χ4v) is 2.55. The molecule has 0 aliphatic heterocycles. The first kappa shape index (κ1) is 16.3. The minimum atomic E-state index is -3.34. The number of aliphatic hydroxyl groups excluding tert-OH is 1. The molecule has 0 saturated carbocycles. The Bertz CT molecular complexity index is 315. The zero-order valence-electron chi connectivity index (χ0n) is 10.1. The van der Waals surface area contributed by atoms with Gasteiger partial charge in [-0.15, -0.1) is 0 Å². The first-order chi connectivity index (χ1) is 7.90. The van der Waals surface area contributed by atoms with Crippen LogP contribution in [0.5, 0.6) is 0 Å². The smallest absolute Gasteiger partial charge is 0.303 e. The maximum atomic E-state index is 11.7. The lowest BCUT2D eigenvalue weighted by molar-refractivity contribution is -0.137. The number of sulfonamides is 1. The molecule has 0 aliphatic rings. The number of aliphatic carboxylic acids is 1. The third kappa shape index (κ3) is 8.12. The molecular formula is C10H21NO5S. The van der Waals surface area contributed by atoms with E-state index < -0.39 is 16.0 Å². The van der Waals surface area contributed by atoms with Gasteiger partial charge >= 0.3 is 5.97 Å². The highest BCUT2D eigenvalue weighted by molar-refractivity contribution is 7.89. The number of carbonyl (C=O) groups is 1. The molecule has 102 valence electrons. The largest absolute Gasteiger partial charge is 0.481 e. The van der Waals surface area contributed by atoms with Gasteiger partial charge in [-0.3, -0.25) is 4.79 Å². The van der Waals surface area contributed by atoms with Crippen molar-refractivity contribution in [3.8, 4) is 0 Å². The van der Waals surface area contributed by atoms with E-state index in [9.17, 15) is 13.2 Å². The Morgan fingerprint density at radius 2 is 1.82 bits per heavy atom. The maximum Gasteiger partial charge on any atom is 0.303 e. The van der Waals surface area contributed by atoms with Crippen LogP contribution in [0.3, 0.4) is 0 Å². The van der Waals surface area contributed by atoms with Gasteiger partial charge in [0, 0.05) is 26.6 Å². The molecule has 2 N–H and O–H groups in total. The zero-order valence-corrected chi connectivity index (χ0v) is 10.9. The fraction of sp³-hybridized carbons (Fsp3) is 0.900. The molecular weight excluding hydrogens is 246 g/mol. The summed E-state index contributed by atoms with van der Waals surface area (Å²) in [5.74, 6) is -1.11. The van der Waals surface area contributed by atoms with Crippen molar-refractivity contribution in [1.82, 2.24) is 4.31 Å². The van der Waals surface area contributed by atoms with Gasteiger partial charge in [-0.2, -0.15) is 0 Å². The van der Waals surface area contributed by atoms with Gasteiger partial charge < -0.3 is 10.2 Å². The Hall–Kier alpha value is -0.660. The van der Waals surface area contributed by atoms with Crippen molar-refractivity contribution in [2.75, 3.05) is 26.0 Å². The van der Waals surface area contributed by atoms with E-state index in [0.717, 1.165) is 6.42 Å². The number of hydrogen-bond donors (Lipinski definition) is 2. The van der Waals surface area contributed by atoms with E-state index in [2.05, 4.69) is 0 Å². The molecule has 0 heterocycles. The Labute approximate surface area is 102 Å². The molecule has 0 radical (unpaired) electrons. The molecule has 0 fully saturated rings. The van der Waals surface area contributed by atoms with E-state index in [1.54, 1.807) is 0 Å². The van der Waals surface area contributed by atoms with Crippen LogP contribution in [0.15, 0.2) is 0 Å². The van der Waals surface area contributed by atoms with Crippen LogP contribution < -0.4 is 0 Å². The Kier molecular flexibility index (Phi) is 8.11. The molecule has 0 bridgehead atoms. The predicted octanol–water partition coefficient (Wildman–Crippen LogP) is 0.275. The van der Waals surface area contributed by atoms with E-state index in [4.69, 9.17) is 10.2 Å². The molecule has 0 rings (SSSR count). The Morgan fingerprint density at radius 1 is 1.18 bits per heavy atom. The second kappa shape index (κ2) is 8.43. The molecule has 0 aromatic carbocycles. The molecule has 0 aromatic rings. The van der Waals surface area contributed by atoms with Gasteiger partial charge in [-0.25, -0.2) is 12.7 Å². The fourth-order valence-electron chi connectivity index (χ4n) is 1.32. The minimum Gasteiger partial charge on any atom is -0.481 e. The van der Waals surface area contributed by atoms with Crippen LogP contribution in [0.1, 0.15) is 32.1 Å². The van der Waals surface area contributed by atoms with Gasteiger partial charge in [-0.05, 0) is 25.7 Å². The molecule has 6 nitrogen and oxygen atoms in total. The minimum absolute atomic E-state index is 0.120. The summed E-state index contributed by atoms with van der Waals surface area (Å²) in [5.41, 5.74) is 0. The summed E-state index contributed by atoms with van der Waals surface area (Å²) in [7, 11) is -1.84. The molecule has 0 atom stereocenters. The molecule has 0 aliphatic carbocycles. The summed E-state index contributed by atoms with van der Waals surface area (Å²) in [5, 5.41) is 17.0. The molecule has 0 spiro atoms. The third-order valence-electron chi connectivity index (χ3n) is 2.40. The molecule has 17 heavy (non-hydrogen) atoms. The first-order valence-electron chi connectivity index (χ1n) is 5.67. The summed E-state index contributed by atoms with van der Waals surface area (Å²) in [6.45, 7) is 0.532. The average Bonchev–Trinajstić information content (AvgIpc) is 2.23. The van der Waals surface area contributed by atoms with Gasteiger partial charge in [0.1, 0.15) is 0 Å². The number of aliphatic hydroxyl groups is 1. The van der Waals surface area contributed by atoms with Gasteiger partial charge in [0.15, 0.2) is 0 Å². The second-order valence-corrected chi connectivity index (χ2v) is 6.11. The highest BCUT2D eigenvalue weighted by Gasteiger charge is 2.17. The standard InChI is InChI=1S/C10H21NO5S/c1-11(7-3-2-4-8-12)17(15,16)9-5-6-10(13)14/h12H,2-9H2,1H3,(H,13,14). The number of carboxylic acid groups (broad SMARTS) is 1. The van der Waals surface area contributed by atoms with Gasteiger partial charge in [0.2, 0.25) is 10.0 Å². The van der Waals surface area contributed by atoms with Crippen molar-refractivity contribution in [2.45, 2.75) is 32.1 Å². The van der Waals surface area contributed by atoms with Crippen LogP contribution in [-0.2, 0) is 14.8 Å². The number of unbranched alkanes of at least 4 members (excludes halogenated alkanes) is 2. The van der Waals surface area contributed by atoms with Gasteiger partial charge in [0.25, 0.3) is 0 Å². The van der Waals surface area contributed by atoms with Crippen molar-refractivity contribution < 1.29 is 23.4 Å². The maximum absolute atomic E-state index is 11.7. The number of rotatable bonds is 10. The summed E-state index contributed by atoms with van der Waals surface area (Å²) in [6.07, 6.45) is 2.17. The van der Waals surface area contributed by atoms with Crippen LogP contribution in [0.2, 0.25) is 0 Å². The van der Waals surface area contributed by atoms with Crippen molar-refractivity contribution >= 4 is 16.0 Å². The zero-order chi connectivity index (χ0) is 13.3. The Morgan fingerprint density at radius 3 is 2.35 bits per heavy atom. The molecule has 0 saturated heterocycles. The van der Waals surface area contributed by atoms with Crippen LogP contribution in [0, 0.1) is 0 Å². The monoisotopic (exact) mass is 267 g/mol. The van der Waals surface area contributed by atoms with Crippen LogP contribution in [-0.4, -0.2) is 54.9 Å². The number of hydrogen-bond acceptors (Lipinski definition) is 4. The lowest BCUT2D eigenvalue weighted by Gasteiger charge is -2.16. The predicted molar refractivity (Wildman–Crippen MR) is 64.2 cm³/mol. The topological polar surface area (TPSA) is 94.9 Å². The first-order valence-corrected chi connectivity index (χ1v) is 7.27. The Balaban J connectivity index is 3.90. The van der Waals surface area contributed by atoms with Crippen molar-refractivity contribution in [3.63, 3.8) is 0 Å². The SMILES string of the molecule is CN(CCCCCO)S(=O)(=O)CCCC(=O)O. The van der Waals surface area contributed by atoms with Crippen LogP contribution >= 0.6 is 0 Å². The summed E-state index contributed by atoms with van der Waals surface area (Å²) in [4.78, 5) is 10.3. The van der Waals surface area contributed by atoms with E-state index in [-0.39, 0.29) is 25.2 Å². The molecule has 0 aromatic heterocycles. The summed E-state index contributed by atoms with van der Waals surface area (Å²) < 4.78 is 24.6. The summed E-state index contributed by atoms with van der Waals surface area (Å²) in [6, 6.07) is 0. The lowest BCUT2D eigenvalue weighted by atomic mass is 10.2. The highest BCUT2D eigenvalue weighted by atomic mass is 32.2. The van der Waals surface area contributed by atoms with Gasteiger partial charge in [0.05, 0.1) is 5.75 Å². The van der Waals surface area contributed by atoms with Gasteiger partial charge in [-0.1, -0.05) is 0 Å². The second-order valence-electron chi connectivity index (χ2n) is 3.92. The quantitative estimate of drug-likeness (QED) is 0.554. The van der Waals surface area contributed by atoms with Crippen LogP contribution in [0.25, 0.3) is 0 Å². The number of carboxylic acids is 1. The number of nitrogens with zero attached hydrogens (tertiary/aromatic N) is 1. The van der Waals surface area contributed by atoms with E-state index in [0.29, 0.717) is 19.4 Å². The molecule has 0 unspecified atom stereocenters. The summed E-state index contributed by atoms with van der Waals surface area (Å²) >= 11 is 0. The van der Waals surface area contributed by atoms with E-state index in [1.165, 1.54) is 11.4 Å². The van der Waals surface area contributed by atoms with E-state index >= 15 is 0 Å². The third-order valence-corrected chi connectivity index (χ3v) is 4.34. The normalized spacial score (nSPS) is 11.9. The average molecular weight is 267 g/mol. The van der Waals surface area contributed by atoms with E-state index in [1.807, 2.05) is 0 Å². The lowest BCUT2D eigenvalue weighted by Crippen LogP contribution is -2.30.